The first-order valence-corrected chi connectivity index (χ1v) is 6.47. The van der Waals surface area contributed by atoms with E-state index in [1.807, 2.05) is 0 Å². The highest BCUT2D eigenvalue weighted by Gasteiger charge is 2.12. The average molecular weight is 323 g/mol. The topological polar surface area (TPSA) is 33.2 Å². The normalized spacial score (nSPS) is 10.3. The quantitative estimate of drug-likeness (QED) is 0.813. The molecule has 0 aliphatic rings. The summed E-state index contributed by atoms with van der Waals surface area (Å²) in [5.74, 6) is -0.451. The number of pyridine rings is 1. The minimum absolute atomic E-state index is 0.149. The molecule has 0 unspecified atom stereocenters. The Morgan fingerprint density at radius 3 is 2.79 bits per heavy atom. The second kappa shape index (κ2) is 5.93. The minimum atomic E-state index is -0.302. The molecule has 0 aliphatic heterocycles. The van der Waals surface area contributed by atoms with E-state index in [9.17, 15) is 9.18 Å². The summed E-state index contributed by atoms with van der Waals surface area (Å²) in [5, 5.41) is 0. The standard InChI is InChI=1S/C14H12BrFN2O/c1-18(9-10-3-2-4-12(16)7-10)14(19)11-5-6-13(15)17-8-11/h2-8H,9H2,1H3. The third-order valence-corrected chi connectivity index (χ3v) is 3.10. The summed E-state index contributed by atoms with van der Waals surface area (Å²) in [6.07, 6.45) is 1.51. The van der Waals surface area contributed by atoms with Crippen LogP contribution in [0.5, 0.6) is 0 Å². The van der Waals surface area contributed by atoms with Gasteiger partial charge < -0.3 is 4.90 Å². The van der Waals surface area contributed by atoms with Crippen LogP contribution in [0.2, 0.25) is 0 Å². The molecule has 98 valence electrons. The maximum Gasteiger partial charge on any atom is 0.255 e. The first-order valence-electron chi connectivity index (χ1n) is 5.68. The number of benzene rings is 1. The van der Waals surface area contributed by atoms with Crippen molar-refractivity contribution in [2.24, 2.45) is 0 Å². The predicted octanol–water partition coefficient (Wildman–Crippen LogP) is 3.26. The van der Waals surface area contributed by atoms with Gasteiger partial charge in [0.15, 0.2) is 0 Å². The van der Waals surface area contributed by atoms with Gasteiger partial charge >= 0.3 is 0 Å². The average Bonchev–Trinajstić information content (AvgIpc) is 2.39. The molecule has 5 heteroatoms. The Hall–Kier alpha value is -1.75. The van der Waals surface area contributed by atoms with Gasteiger partial charge in [-0.05, 0) is 45.8 Å². The van der Waals surface area contributed by atoms with E-state index < -0.39 is 0 Å². The summed E-state index contributed by atoms with van der Waals surface area (Å²) in [6.45, 7) is 0.354. The summed E-state index contributed by atoms with van der Waals surface area (Å²) in [5.41, 5.74) is 1.25. The summed E-state index contributed by atoms with van der Waals surface area (Å²) in [7, 11) is 1.68. The van der Waals surface area contributed by atoms with Crippen LogP contribution >= 0.6 is 15.9 Å². The molecule has 0 spiro atoms. The number of halogens is 2. The van der Waals surface area contributed by atoms with Crippen LogP contribution in [-0.4, -0.2) is 22.8 Å². The zero-order valence-corrected chi connectivity index (χ0v) is 11.9. The predicted molar refractivity (Wildman–Crippen MR) is 74.1 cm³/mol. The molecule has 0 atom stereocenters. The highest BCUT2D eigenvalue weighted by molar-refractivity contribution is 9.10. The Balaban J connectivity index is 2.09. The lowest BCUT2D eigenvalue weighted by molar-refractivity contribution is 0.0784. The summed E-state index contributed by atoms with van der Waals surface area (Å²) >= 11 is 3.22. The number of nitrogens with zero attached hydrogens (tertiary/aromatic N) is 2. The van der Waals surface area contributed by atoms with Crippen LogP contribution in [0.3, 0.4) is 0 Å². The first-order chi connectivity index (χ1) is 9.06. The number of carbonyl (C=O) groups excluding carboxylic acids is 1. The molecule has 0 saturated heterocycles. The van der Waals surface area contributed by atoms with Crippen molar-refractivity contribution in [3.63, 3.8) is 0 Å². The van der Waals surface area contributed by atoms with Crippen molar-refractivity contribution in [2.45, 2.75) is 6.54 Å². The summed E-state index contributed by atoms with van der Waals surface area (Å²) < 4.78 is 13.7. The fourth-order valence-corrected chi connectivity index (χ4v) is 1.94. The molecule has 1 aromatic carbocycles. The lowest BCUT2D eigenvalue weighted by atomic mass is 10.2. The summed E-state index contributed by atoms with van der Waals surface area (Å²) in [6, 6.07) is 9.62. The molecular weight excluding hydrogens is 311 g/mol. The van der Waals surface area contributed by atoms with Crippen LogP contribution in [0.25, 0.3) is 0 Å². The molecule has 0 bridgehead atoms. The van der Waals surface area contributed by atoms with Gasteiger partial charge in [-0.25, -0.2) is 9.37 Å². The van der Waals surface area contributed by atoms with E-state index >= 15 is 0 Å². The second-order valence-corrected chi connectivity index (χ2v) is 4.97. The zero-order chi connectivity index (χ0) is 13.8. The summed E-state index contributed by atoms with van der Waals surface area (Å²) in [4.78, 5) is 17.7. The van der Waals surface area contributed by atoms with Gasteiger partial charge in [0.1, 0.15) is 10.4 Å². The highest BCUT2D eigenvalue weighted by atomic mass is 79.9. The van der Waals surface area contributed by atoms with Crippen LogP contribution in [0, 0.1) is 5.82 Å². The Kier molecular flexibility index (Phi) is 4.27. The lowest BCUT2D eigenvalue weighted by Gasteiger charge is -2.17. The number of hydrogen-bond acceptors (Lipinski definition) is 2. The minimum Gasteiger partial charge on any atom is -0.337 e. The Bertz CT molecular complexity index is 586. The fraction of sp³-hybridized carbons (Fsp3) is 0.143. The molecule has 2 aromatic rings. The number of hydrogen-bond donors (Lipinski definition) is 0. The van der Waals surface area contributed by atoms with Crippen LogP contribution in [0.15, 0.2) is 47.2 Å². The maximum absolute atomic E-state index is 13.1. The SMILES string of the molecule is CN(Cc1cccc(F)c1)C(=O)c1ccc(Br)nc1. The van der Waals surface area contributed by atoms with Gasteiger partial charge in [-0.2, -0.15) is 0 Å². The smallest absolute Gasteiger partial charge is 0.255 e. The van der Waals surface area contributed by atoms with Crippen molar-refractivity contribution < 1.29 is 9.18 Å². The Labute approximate surface area is 119 Å². The van der Waals surface area contributed by atoms with Gasteiger partial charge in [-0.1, -0.05) is 12.1 Å². The second-order valence-electron chi connectivity index (χ2n) is 4.16. The Morgan fingerprint density at radius 2 is 2.16 bits per heavy atom. The van der Waals surface area contributed by atoms with Crippen LogP contribution in [0.4, 0.5) is 4.39 Å². The van der Waals surface area contributed by atoms with Gasteiger partial charge in [0.2, 0.25) is 0 Å². The maximum atomic E-state index is 13.1. The third kappa shape index (κ3) is 3.61. The number of amides is 1. The molecule has 1 aromatic heterocycles. The third-order valence-electron chi connectivity index (χ3n) is 2.63. The van der Waals surface area contributed by atoms with Crippen molar-refractivity contribution in [1.29, 1.82) is 0 Å². The number of rotatable bonds is 3. The van der Waals surface area contributed by atoms with Crippen molar-refractivity contribution >= 4 is 21.8 Å². The largest absolute Gasteiger partial charge is 0.337 e. The Morgan fingerprint density at radius 1 is 1.37 bits per heavy atom. The molecule has 19 heavy (non-hydrogen) atoms. The van der Waals surface area contributed by atoms with E-state index in [1.54, 1.807) is 31.3 Å². The molecule has 2 rings (SSSR count). The monoisotopic (exact) mass is 322 g/mol. The lowest BCUT2D eigenvalue weighted by Crippen LogP contribution is -2.26. The van der Waals surface area contributed by atoms with E-state index in [2.05, 4.69) is 20.9 Å². The van der Waals surface area contributed by atoms with Gasteiger partial charge in [-0.15, -0.1) is 0 Å². The molecular formula is C14H12BrFN2O. The molecule has 0 radical (unpaired) electrons. The first kappa shape index (κ1) is 13.7. The van der Waals surface area contributed by atoms with E-state index in [0.29, 0.717) is 16.7 Å². The van der Waals surface area contributed by atoms with Crippen LogP contribution < -0.4 is 0 Å². The fourth-order valence-electron chi connectivity index (χ4n) is 1.70. The van der Waals surface area contributed by atoms with Crippen molar-refractivity contribution in [3.8, 4) is 0 Å². The van der Waals surface area contributed by atoms with E-state index in [4.69, 9.17) is 0 Å². The van der Waals surface area contributed by atoms with Crippen LogP contribution in [-0.2, 0) is 6.54 Å². The molecule has 0 fully saturated rings. The number of aromatic nitrogens is 1. The number of carbonyl (C=O) groups is 1. The van der Waals surface area contributed by atoms with E-state index in [1.165, 1.54) is 23.2 Å². The van der Waals surface area contributed by atoms with Gasteiger partial charge in [0.05, 0.1) is 5.56 Å². The molecule has 0 N–H and O–H groups in total. The van der Waals surface area contributed by atoms with Crippen molar-refractivity contribution in [2.75, 3.05) is 7.05 Å². The molecule has 0 aliphatic carbocycles. The van der Waals surface area contributed by atoms with Gasteiger partial charge in [0.25, 0.3) is 5.91 Å². The van der Waals surface area contributed by atoms with Gasteiger partial charge in [-0.3, -0.25) is 4.79 Å². The van der Waals surface area contributed by atoms with Crippen molar-refractivity contribution in [3.05, 3.63) is 64.1 Å². The molecule has 0 saturated carbocycles. The molecule has 1 heterocycles. The molecule has 1 amide bonds. The van der Waals surface area contributed by atoms with E-state index in [0.717, 1.165) is 5.56 Å². The highest BCUT2D eigenvalue weighted by Crippen LogP contribution is 2.11. The van der Waals surface area contributed by atoms with Crippen molar-refractivity contribution in [1.82, 2.24) is 9.88 Å². The van der Waals surface area contributed by atoms with Gasteiger partial charge in [0, 0.05) is 19.8 Å². The van der Waals surface area contributed by atoms with E-state index in [-0.39, 0.29) is 11.7 Å². The molecule has 3 nitrogen and oxygen atoms in total. The van der Waals surface area contributed by atoms with Crippen LogP contribution in [0.1, 0.15) is 15.9 Å². The zero-order valence-electron chi connectivity index (χ0n) is 10.3.